The van der Waals surface area contributed by atoms with Crippen LogP contribution in [-0.2, 0) is 0 Å². The molecule has 0 bridgehead atoms. The molecule has 0 fully saturated rings. The number of nitrogens with one attached hydrogen (secondary N) is 1. The van der Waals surface area contributed by atoms with E-state index in [1.807, 2.05) is 5.41 Å². The van der Waals surface area contributed by atoms with Crippen molar-refractivity contribution in [3.8, 4) is 0 Å². The van der Waals surface area contributed by atoms with Gasteiger partial charge in [-0.25, -0.2) is 9.07 Å². The van der Waals surface area contributed by atoms with Crippen molar-refractivity contribution in [1.29, 1.82) is 0 Å². The number of rotatable bonds is 1. The van der Waals surface area contributed by atoms with Gasteiger partial charge in [0.15, 0.2) is 0 Å². The lowest BCUT2D eigenvalue weighted by molar-refractivity contribution is 0.627. The Morgan fingerprint density at radius 1 is 1.25 bits per heavy atom. The van der Waals surface area contributed by atoms with Crippen LogP contribution >= 0.6 is 11.8 Å². The molecule has 0 spiro atoms. The summed E-state index contributed by atoms with van der Waals surface area (Å²) in [4.78, 5) is 0. The molecule has 80 valence electrons. The molecule has 1 aromatic heterocycles. The van der Waals surface area contributed by atoms with Gasteiger partial charge in [0.25, 0.3) is 0 Å². The normalized spacial score (nSPS) is 13.9. The number of nitrogens with zero attached hydrogens (tertiary/aromatic N) is 3. The molecule has 0 atom stereocenters. The summed E-state index contributed by atoms with van der Waals surface area (Å²) in [6.45, 7) is 0. The highest BCUT2D eigenvalue weighted by Gasteiger charge is 2.12. The molecule has 0 unspecified atom stereocenters. The first-order valence-corrected chi connectivity index (χ1v) is 5.51. The first kappa shape index (κ1) is 9.41. The third-order valence-corrected chi connectivity index (χ3v) is 3.04. The molecule has 0 saturated carbocycles. The number of thioether (sulfide) groups is 1. The number of aromatic nitrogens is 3. The average molecular weight is 234 g/mol. The maximum atomic E-state index is 12.8. The fourth-order valence-corrected chi connectivity index (χ4v) is 2.12. The molecule has 4 nitrogen and oxygen atoms in total. The molecule has 0 aliphatic carbocycles. The number of fused-ring (bicyclic) bond motifs is 1. The zero-order valence-corrected chi connectivity index (χ0v) is 8.91. The van der Waals surface area contributed by atoms with E-state index < -0.39 is 0 Å². The van der Waals surface area contributed by atoms with E-state index in [4.69, 9.17) is 0 Å². The summed E-state index contributed by atoms with van der Waals surface area (Å²) in [6, 6.07) is 6.32. The Morgan fingerprint density at radius 2 is 2.06 bits per heavy atom. The van der Waals surface area contributed by atoms with Crippen LogP contribution in [0.25, 0.3) is 5.70 Å². The third kappa shape index (κ3) is 1.57. The summed E-state index contributed by atoms with van der Waals surface area (Å²) in [5.74, 6) is -0.238. The van der Waals surface area contributed by atoms with Gasteiger partial charge in [-0.3, -0.25) is 5.43 Å². The summed E-state index contributed by atoms with van der Waals surface area (Å²) in [5.41, 5.74) is 4.95. The molecule has 0 saturated heterocycles. The highest BCUT2D eigenvalue weighted by molar-refractivity contribution is 8.02. The lowest BCUT2D eigenvalue weighted by Crippen LogP contribution is -2.16. The summed E-state index contributed by atoms with van der Waals surface area (Å²) < 4.78 is 14.5. The first-order chi connectivity index (χ1) is 7.83. The molecule has 3 rings (SSSR count). The van der Waals surface area contributed by atoms with Crippen molar-refractivity contribution in [2.75, 3.05) is 5.43 Å². The maximum Gasteiger partial charge on any atom is 0.214 e. The Hall–Kier alpha value is -1.82. The molecule has 1 aromatic carbocycles. The summed E-state index contributed by atoms with van der Waals surface area (Å²) >= 11 is 1.47. The predicted molar refractivity (Wildman–Crippen MR) is 59.6 cm³/mol. The van der Waals surface area contributed by atoms with Crippen molar-refractivity contribution in [3.05, 3.63) is 47.4 Å². The predicted octanol–water partition coefficient (Wildman–Crippen LogP) is 2.06. The van der Waals surface area contributed by atoms with E-state index in [0.717, 1.165) is 16.4 Å². The lowest BCUT2D eigenvalue weighted by atomic mass is 10.2. The number of halogens is 1. The van der Waals surface area contributed by atoms with Gasteiger partial charge in [-0.15, -0.1) is 10.2 Å². The SMILES string of the molecule is Fc1ccc(C2=CSc3nncn3N2)cc1. The maximum absolute atomic E-state index is 12.8. The quantitative estimate of drug-likeness (QED) is 0.820. The standard InChI is InChI=1S/C10H7FN4S/c11-8-3-1-7(2-4-8)9-5-16-10-13-12-6-15(10)14-9/h1-6,14H. The molecule has 1 N–H and O–H groups in total. The molecular weight excluding hydrogens is 227 g/mol. The summed E-state index contributed by atoms with van der Waals surface area (Å²) in [6.07, 6.45) is 1.60. The van der Waals surface area contributed by atoms with Gasteiger partial charge in [0.05, 0.1) is 5.70 Å². The Balaban J connectivity index is 1.92. The van der Waals surface area contributed by atoms with E-state index in [0.29, 0.717) is 0 Å². The van der Waals surface area contributed by atoms with Gasteiger partial charge in [0, 0.05) is 11.0 Å². The Morgan fingerprint density at radius 3 is 2.88 bits per heavy atom. The van der Waals surface area contributed by atoms with Crippen LogP contribution < -0.4 is 5.43 Å². The van der Waals surface area contributed by atoms with Crippen LogP contribution in [0.2, 0.25) is 0 Å². The Bertz CT molecular complexity index is 546. The van der Waals surface area contributed by atoms with Crippen LogP contribution in [0, 0.1) is 5.82 Å². The molecule has 0 radical (unpaired) electrons. The third-order valence-electron chi connectivity index (χ3n) is 2.19. The van der Waals surface area contributed by atoms with Crippen molar-refractivity contribution in [3.63, 3.8) is 0 Å². The van der Waals surface area contributed by atoms with Gasteiger partial charge in [0.1, 0.15) is 12.1 Å². The van der Waals surface area contributed by atoms with Gasteiger partial charge in [0.2, 0.25) is 5.16 Å². The van der Waals surface area contributed by atoms with Gasteiger partial charge in [-0.05, 0) is 24.3 Å². The van der Waals surface area contributed by atoms with Crippen LogP contribution in [0.4, 0.5) is 4.39 Å². The molecular formula is C10H7FN4S. The molecule has 16 heavy (non-hydrogen) atoms. The summed E-state index contributed by atoms with van der Waals surface area (Å²) in [7, 11) is 0. The van der Waals surface area contributed by atoms with E-state index in [-0.39, 0.29) is 5.82 Å². The highest BCUT2D eigenvalue weighted by atomic mass is 32.2. The van der Waals surface area contributed by atoms with Crippen molar-refractivity contribution < 1.29 is 4.39 Å². The van der Waals surface area contributed by atoms with Gasteiger partial charge < -0.3 is 0 Å². The second-order valence-electron chi connectivity index (χ2n) is 3.25. The second-order valence-corrected chi connectivity index (χ2v) is 4.09. The molecule has 0 amide bonds. The van der Waals surface area contributed by atoms with Crippen molar-refractivity contribution in [1.82, 2.24) is 14.9 Å². The van der Waals surface area contributed by atoms with Gasteiger partial charge >= 0.3 is 0 Å². The van der Waals surface area contributed by atoms with Crippen molar-refractivity contribution >= 4 is 17.5 Å². The minimum atomic E-state index is -0.238. The Labute approximate surface area is 95.2 Å². The van der Waals surface area contributed by atoms with E-state index >= 15 is 0 Å². The highest BCUT2D eigenvalue weighted by Crippen LogP contribution is 2.26. The summed E-state index contributed by atoms with van der Waals surface area (Å²) in [5, 5.41) is 10.4. The molecule has 2 heterocycles. The smallest absolute Gasteiger partial charge is 0.214 e. The van der Waals surface area contributed by atoms with Gasteiger partial charge in [-0.1, -0.05) is 11.8 Å². The van der Waals surface area contributed by atoms with Crippen LogP contribution in [0.3, 0.4) is 0 Å². The zero-order valence-electron chi connectivity index (χ0n) is 8.09. The number of hydrogen-bond donors (Lipinski definition) is 1. The molecule has 2 aromatic rings. The zero-order chi connectivity index (χ0) is 11.0. The fraction of sp³-hybridized carbons (Fsp3) is 0. The number of benzene rings is 1. The topological polar surface area (TPSA) is 42.7 Å². The van der Waals surface area contributed by atoms with Crippen LogP contribution in [0.15, 0.2) is 41.2 Å². The molecule has 1 aliphatic heterocycles. The van der Waals surface area contributed by atoms with Gasteiger partial charge in [-0.2, -0.15) is 0 Å². The lowest BCUT2D eigenvalue weighted by Gasteiger charge is -2.16. The second kappa shape index (κ2) is 3.64. The Kier molecular flexibility index (Phi) is 2.14. The molecule has 1 aliphatic rings. The largest absolute Gasteiger partial charge is 0.290 e. The van der Waals surface area contributed by atoms with Crippen molar-refractivity contribution in [2.45, 2.75) is 5.16 Å². The fourth-order valence-electron chi connectivity index (χ4n) is 1.41. The average Bonchev–Trinajstić information content (AvgIpc) is 2.77. The first-order valence-electron chi connectivity index (χ1n) is 4.63. The van der Waals surface area contributed by atoms with Crippen LogP contribution in [-0.4, -0.2) is 14.9 Å². The van der Waals surface area contributed by atoms with Crippen LogP contribution in [0.1, 0.15) is 5.56 Å². The monoisotopic (exact) mass is 234 g/mol. The van der Waals surface area contributed by atoms with E-state index in [9.17, 15) is 4.39 Å². The van der Waals surface area contributed by atoms with E-state index in [1.165, 1.54) is 23.9 Å². The number of hydrogen-bond acceptors (Lipinski definition) is 4. The van der Waals surface area contributed by atoms with Crippen molar-refractivity contribution in [2.24, 2.45) is 0 Å². The van der Waals surface area contributed by atoms with E-state index in [1.54, 1.807) is 23.1 Å². The minimum absolute atomic E-state index is 0.238. The van der Waals surface area contributed by atoms with Crippen LogP contribution in [0.5, 0.6) is 0 Å². The molecule has 6 heteroatoms. The minimum Gasteiger partial charge on any atom is -0.290 e. The van der Waals surface area contributed by atoms with E-state index in [2.05, 4.69) is 15.6 Å².